The van der Waals surface area contributed by atoms with Crippen molar-refractivity contribution < 1.29 is 22.7 Å². The summed E-state index contributed by atoms with van der Waals surface area (Å²) in [5.74, 6) is -0.737. The van der Waals surface area contributed by atoms with Crippen molar-refractivity contribution in [3.8, 4) is 0 Å². The van der Waals surface area contributed by atoms with Crippen LogP contribution in [0.2, 0.25) is 5.02 Å². The Kier molecular flexibility index (Phi) is 8.48. The number of hydrogen-bond acceptors (Lipinski definition) is 5. The number of halogens is 1. The fourth-order valence-corrected chi connectivity index (χ4v) is 5.48. The van der Waals surface area contributed by atoms with Gasteiger partial charge in [-0.3, -0.25) is 4.79 Å². The predicted molar refractivity (Wildman–Crippen MR) is 111 cm³/mol. The zero-order chi connectivity index (χ0) is 21.6. The maximum Gasteiger partial charge on any atom is 0.338 e. The van der Waals surface area contributed by atoms with Crippen LogP contribution in [-0.2, 0) is 19.6 Å². The van der Waals surface area contributed by atoms with E-state index >= 15 is 0 Å². The lowest BCUT2D eigenvalue weighted by atomic mass is 9.86. The summed E-state index contributed by atoms with van der Waals surface area (Å²) in [6.07, 6.45) is 4.23. The minimum absolute atomic E-state index is 0.0254. The van der Waals surface area contributed by atoms with E-state index in [-0.39, 0.29) is 40.5 Å². The standard InChI is InChI=1S/C20H29ClN2O5S/c1-4-23(5-2)29(26,27)18-12-15(10-11-16(18)21)20(25)28-13-19(24)22-17-9-7-6-8-14(17)3/h10-12,14,17H,4-9,13H2,1-3H3,(H,22,24)/t14-,17-/m1/s1. The van der Waals surface area contributed by atoms with E-state index in [1.807, 2.05) is 0 Å². The highest BCUT2D eigenvalue weighted by Gasteiger charge is 2.26. The van der Waals surface area contributed by atoms with Gasteiger partial charge in [-0.05, 0) is 37.0 Å². The molecule has 0 radical (unpaired) electrons. The molecule has 0 unspecified atom stereocenters. The van der Waals surface area contributed by atoms with Crippen LogP contribution in [0.5, 0.6) is 0 Å². The highest BCUT2D eigenvalue weighted by Crippen LogP contribution is 2.26. The molecule has 0 bridgehead atoms. The smallest absolute Gasteiger partial charge is 0.338 e. The molecular weight excluding hydrogens is 416 g/mol. The average molecular weight is 445 g/mol. The molecule has 1 aliphatic carbocycles. The average Bonchev–Trinajstić information content (AvgIpc) is 2.69. The van der Waals surface area contributed by atoms with Gasteiger partial charge in [0.25, 0.3) is 5.91 Å². The summed E-state index contributed by atoms with van der Waals surface area (Å²) in [7, 11) is -3.83. The van der Waals surface area contributed by atoms with E-state index in [2.05, 4.69) is 12.2 Å². The molecule has 1 amide bonds. The number of carbonyl (C=O) groups is 2. The fraction of sp³-hybridized carbons (Fsp3) is 0.600. The van der Waals surface area contributed by atoms with Gasteiger partial charge in [0, 0.05) is 19.1 Å². The van der Waals surface area contributed by atoms with Crippen molar-refractivity contribution >= 4 is 33.5 Å². The van der Waals surface area contributed by atoms with Crippen molar-refractivity contribution in [1.82, 2.24) is 9.62 Å². The molecule has 0 aromatic heterocycles. The van der Waals surface area contributed by atoms with Crippen LogP contribution in [0.3, 0.4) is 0 Å². The Morgan fingerprint density at radius 3 is 2.48 bits per heavy atom. The summed E-state index contributed by atoms with van der Waals surface area (Å²) in [5.41, 5.74) is 0.0268. The van der Waals surface area contributed by atoms with E-state index in [1.165, 1.54) is 22.5 Å². The van der Waals surface area contributed by atoms with E-state index < -0.39 is 22.6 Å². The summed E-state index contributed by atoms with van der Waals surface area (Å²) in [6.45, 7) is 5.69. The number of hydrogen-bond donors (Lipinski definition) is 1. The lowest BCUT2D eigenvalue weighted by molar-refractivity contribution is -0.125. The maximum absolute atomic E-state index is 12.7. The van der Waals surface area contributed by atoms with Crippen LogP contribution < -0.4 is 5.32 Å². The molecule has 7 nitrogen and oxygen atoms in total. The molecule has 2 atom stereocenters. The number of ether oxygens (including phenoxy) is 1. The Morgan fingerprint density at radius 2 is 1.86 bits per heavy atom. The van der Waals surface area contributed by atoms with Gasteiger partial charge in [0.15, 0.2) is 6.61 Å². The Balaban J connectivity index is 2.05. The maximum atomic E-state index is 12.7. The number of rotatable bonds is 8. The molecule has 1 aromatic carbocycles. The molecule has 1 N–H and O–H groups in total. The lowest BCUT2D eigenvalue weighted by Crippen LogP contribution is -2.42. The molecule has 0 aliphatic heterocycles. The second-order valence-electron chi connectivity index (χ2n) is 7.25. The SMILES string of the molecule is CCN(CC)S(=O)(=O)c1cc(C(=O)OCC(=O)N[C@@H]2CCCC[C@H]2C)ccc1Cl. The molecule has 0 heterocycles. The third-order valence-electron chi connectivity index (χ3n) is 5.28. The monoisotopic (exact) mass is 444 g/mol. The van der Waals surface area contributed by atoms with Crippen molar-refractivity contribution in [2.75, 3.05) is 19.7 Å². The van der Waals surface area contributed by atoms with Gasteiger partial charge in [-0.15, -0.1) is 0 Å². The normalized spacial score (nSPS) is 19.8. The van der Waals surface area contributed by atoms with Crippen LogP contribution in [0.1, 0.15) is 56.8 Å². The first-order chi connectivity index (χ1) is 13.7. The zero-order valence-corrected chi connectivity index (χ0v) is 18.7. The molecule has 2 rings (SSSR count). The summed E-state index contributed by atoms with van der Waals surface area (Å²) >= 11 is 6.07. The molecule has 0 spiro atoms. The second-order valence-corrected chi connectivity index (χ2v) is 9.56. The van der Waals surface area contributed by atoms with E-state index in [4.69, 9.17) is 16.3 Å². The van der Waals surface area contributed by atoms with Crippen LogP contribution in [-0.4, -0.2) is 50.3 Å². The van der Waals surface area contributed by atoms with E-state index in [9.17, 15) is 18.0 Å². The number of benzene rings is 1. The first kappa shape index (κ1) is 23.6. The molecule has 0 saturated heterocycles. The Morgan fingerprint density at radius 1 is 1.21 bits per heavy atom. The number of sulfonamides is 1. The number of nitrogens with one attached hydrogen (secondary N) is 1. The summed E-state index contributed by atoms with van der Waals surface area (Å²) < 4.78 is 31.8. The minimum Gasteiger partial charge on any atom is -0.452 e. The largest absolute Gasteiger partial charge is 0.452 e. The van der Waals surface area contributed by atoms with E-state index in [0.29, 0.717) is 5.92 Å². The Hall–Kier alpha value is -1.64. The summed E-state index contributed by atoms with van der Waals surface area (Å²) in [5, 5.41) is 2.94. The van der Waals surface area contributed by atoms with Crippen LogP contribution in [0.15, 0.2) is 23.1 Å². The fourth-order valence-electron chi connectivity index (χ4n) is 3.52. The Bertz CT molecular complexity index is 839. The third-order valence-corrected chi connectivity index (χ3v) is 7.81. The zero-order valence-electron chi connectivity index (χ0n) is 17.1. The van der Waals surface area contributed by atoms with Gasteiger partial charge in [0.1, 0.15) is 4.90 Å². The highest BCUT2D eigenvalue weighted by molar-refractivity contribution is 7.89. The molecule has 29 heavy (non-hydrogen) atoms. The third kappa shape index (κ3) is 5.93. The number of carbonyl (C=O) groups excluding carboxylic acids is 2. The van der Waals surface area contributed by atoms with Gasteiger partial charge in [-0.25, -0.2) is 13.2 Å². The topological polar surface area (TPSA) is 92.8 Å². The van der Waals surface area contributed by atoms with Gasteiger partial charge < -0.3 is 10.1 Å². The van der Waals surface area contributed by atoms with Crippen LogP contribution >= 0.6 is 11.6 Å². The quantitative estimate of drug-likeness (QED) is 0.621. The minimum atomic E-state index is -3.83. The number of amides is 1. The van der Waals surface area contributed by atoms with Crippen molar-refractivity contribution in [1.29, 1.82) is 0 Å². The molecule has 1 aromatic rings. The lowest BCUT2D eigenvalue weighted by Gasteiger charge is -2.29. The van der Waals surface area contributed by atoms with Crippen LogP contribution in [0.25, 0.3) is 0 Å². The number of esters is 1. The van der Waals surface area contributed by atoms with Crippen LogP contribution in [0, 0.1) is 5.92 Å². The summed E-state index contributed by atoms with van der Waals surface area (Å²) in [4.78, 5) is 24.3. The van der Waals surface area contributed by atoms with Gasteiger partial charge >= 0.3 is 5.97 Å². The van der Waals surface area contributed by atoms with Gasteiger partial charge in [0.05, 0.1) is 10.6 Å². The van der Waals surface area contributed by atoms with E-state index in [0.717, 1.165) is 25.7 Å². The van der Waals surface area contributed by atoms with Crippen molar-refractivity contribution in [3.63, 3.8) is 0 Å². The first-order valence-electron chi connectivity index (χ1n) is 9.96. The molecule has 162 valence electrons. The number of nitrogens with zero attached hydrogens (tertiary/aromatic N) is 1. The molecular formula is C20H29ClN2O5S. The summed E-state index contributed by atoms with van der Waals surface area (Å²) in [6, 6.07) is 4.02. The van der Waals surface area contributed by atoms with Gasteiger partial charge in [0.2, 0.25) is 10.0 Å². The van der Waals surface area contributed by atoms with Crippen LogP contribution in [0.4, 0.5) is 0 Å². The molecule has 1 aliphatic rings. The van der Waals surface area contributed by atoms with E-state index in [1.54, 1.807) is 13.8 Å². The second kappa shape index (κ2) is 10.4. The molecule has 9 heteroatoms. The van der Waals surface area contributed by atoms with Crippen molar-refractivity contribution in [3.05, 3.63) is 28.8 Å². The molecule has 1 fully saturated rings. The highest BCUT2D eigenvalue weighted by atomic mass is 35.5. The predicted octanol–water partition coefficient (Wildman–Crippen LogP) is 3.22. The molecule has 1 saturated carbocycles. The van der Waals surface area contributed by atoms with Gasteiger partial charge in [-0.1, -0.05) is 45.2 Å². The first-order valence-corrected chi connectivity index (χ1v) is 11.8. The van der Waals surface area contributed by atoms with Gasteiger partial charge in [-0.2, -0.15) is 4.31 Å². The van der Waals surface area contributed by atoms with Crippen molar-refractivity contribution in [2.24, 2.45) is 5.92 Å². The van der Waals surface area contributed by atoms with Crippen molar-refractivity contribution in [2.45, 2.75) is 57.4 Å². The Labute approximate surface area is 177 Å².